The molecule has 0 aliphatic carbocycles. The SMILES string of the molecule is O=C(CN1C(=O)CNC1=O)NCC1CCCO1. The highest BCUT2D eigenvalue weighted by Crippen LogP contribution is 2.10. The predicted molar refractivity (Wildman–Crippen MR) is 57.1 cm³/mol. The number of hydrogen-bond donors (Lipinski definition) is 2. The maximum Gasteiger partial charge on any atom is 0.325 e. The number of carbonyl (C=O) groups excluding carboxylic acids is 3. The molecule has 4 amide bonds. The molecule has 1 unspecified atom stereocenters. The van der Waals surface area contributed by atoms with E-state index in [4.69, 9.17) is 4.74 Å². The summed E-state index contributed by atoms with van der Waals surface area (Å²) in [6, 6.07) is -0.512. The summed E-state index contributed by atoms with van der Waals surface area (Å²) in [6.45, 7) is 0.908. The van der Waals surface area contributed by atoms with E-state index in [1.807, 2.05) is 0 Å². The van der Waals surface area contributed by atoms with E-state index in [0.717, 1.165) is 24.3 Å². The van der Waals surface area contributed by atoms with Crippen LogP contribution in [0.15, 0.2) is 0 Å². The molecule has 0 saturated carbocycles. The van der Waals surface area contributed by atoms with Crippen LogP contribution in [0.5, 0.6) is 0 Å². The number of hydrogen-bond acceptors (Lipinski definition) is 4. The van der Waals surface area contributed by atoms with Gasteiger partial charge in [0.1, 0.15) is 6.54 Å². The van der Waals surface area contributed by atoms with Crippen LogP contribution < -0.4 is 10.6 Å². The molecule has 1 atom stereocenters. The van der Waals surface area contributed by atoms with Crippen molar-refractivity contribution in [1.82, 2.24) is 15.5 Å². The Morgan fingerprint density at radius 2 is 2.35 bits per heavy atom. The average molecular weight is 241 g/mol. The zero-order chi connectivity index (χ0) is 12.3. The molecule has 2 heterocycles. The standard InChI is InChI=1S/C10H15N3O4/c14-8(11-4-7-2-1-3-17-7)6-13-9(15)5-12-10(13)16/h7H,1-6H2,(H,11,14)(H,12,16). The monoisotopic (exact) mass is 241 g/mol. The lowest BCUT2D eigenvalue weighted by molar-refractivity contribution is -0.130. The van der Waals surface area contributed by atoms with Gasteiger partial charge in [0, 0.05) is 13.2 Å². The van der Waals surface area contributed by atoms with Crippen LogP contribution in [0.25, 0.3) is 0 Å². The van der Waals surface area contributed by atoms with Crippen molar-refractivity contribution in [2.24, 2.45) is 0 Å². The van der Waals surface area contributed by atoms with Gasteiger partial charge in [-0.15, -0.1) is 0 Å². The Morgan fingerprint density at radius 3 is 2.94 bits per heavy atom. The fourth-order valence-corrected chi connectivity index (χ4v) is 1.85. The molecule has 94 valence electrons. The van der Waals surface area contributed by atoms with Crippen molar-refractivity contribution in [3.63, 3.8) is 0 Å². The maximum atomic E-state index is 11.5. The molecule has 2 aliphatic rings. The van der Waals surface area contributed by atoms with Crippen LogP contribution in [0.4, 0.5) is 4.79 Å². The van der Waals surface area contributed by atoms with Crippen molar-refractivity contribution in [2.45, 2.75) is 18.9 Å². The summed E-state index contributed by atoms with van der Waals surface area (Å²) in [5.74, 6) is -0.715. The van der Waals surface area contributed by atoms with Gasteiger partial charge in [-0.3, -0.25) is 14.5 Å². The van der Waals surface area contributed by atoms with Gasteiger partial charge in [0.2, 0.25) is 5.91 Å². The molecule has 0 bridgehead atoms. The minimum Gasteiger partial charge on any atom is -0.376 e. The molecule has 2 rings (SSSR count). The van der Waals surface area contributed by atoms with Crippen molar-refractivity contribution in [2.75, 3.05) is 26.2 Å². The predicted octanol–water partition coefficient (Wildman–Crippen LogP) is -1.17. The fraction of sp³-hybridized carbons (Fsp3) is 0.700. The van der Waals surface area contributed by atoms with Crippen LogP contribution >= 0.6 is 0 Å². The summed E-state index contributed by atoms with van der Waals surface area (Å²) in [6.07, 6.45) is 2.00. The zero-order valence-electron chi connectivity index (χ0n) is 9.40. The highest BCUT2D eigenvalue weighted by Gasteiger charge is 2.30. The van der Waals surface area contributed by atoms with Gasteiger partial charge in [-0.1, -0.05) is 0 Å². The first-order chi connectivity index (χ1) is 8.16. The van der Waals surface area contributed by atoms with Crippen molar-refractivity contribution >= 4 is 17.8 Å². The first kappa shape index (κ1) is 11.8. The van der Waals surface area contributed by atoms with Crippen molar-refractivity contribution in [3.8, 4) is 0 Å². The van der Waals surface area contributed by atoms with Gasteiger partial charge in [-0.05, 0) is 12.8 Å². The number of amides is 4. The van der Waals surface area contributed by atoms with E-state index in [9.17, 15) is 14.4 Å². The summed E-state index contributed by atoms with van der Waals surface area (Å²) in [7, 11) is 0. The lowest BCUT2D eigenvalue weighted by atomic mass is 10.2. The van der Waals surface area contributed by atoms with Gasteiger partial charge in [0.15, 0.2) is 0 Å². The number of nitrogens with zero attached hydrogens (tertiary/aromatic N) is 1. The molecule has 2 fully saturated rings. The van der Waals surface area contributed by atoms with Gasteiger partial charge in [-0.25, -0.2) is 4.79 Å². The Bertz CT molecular complexity index is 322. The molecule has 2 saturated heterocycles. The summed E-state index contributed by atoms with van der Waals surface area (Å²) >= 11 is 0. The molecule has 0 aromatic carbocycles. The molecular formula is C10H15N3O4. The van der Waals surface area contributed by atoms with Crippen molar-refractivity contribution < 1.29 is 19.1 Å². The summed E-state index contributed by atoms with van der Waals surface area (Å²) < 4.78 is 5.34. The van der Waals surface area contributed by atoms with Crippen LogP contribution in [-0.4, -0.2) is 55.1 Å². The molecule has 2 aliphatic heterocycles. The van der Waals surface area contributed by atoms with Gasteiger partial charge in [0.05, 0.1) is 12.6 Å². The molecule has 0 radical (unpaired) electrons. The highest BCUT2D eigenvalue weighted by molar-refractivity contribution is 6.04. The Morgan fingerprint density at radius 1 is 1.53 bits per heavy atom. The first-order valence-corrected chi connectivity index (χ1v) is 5.63. The van der Waals surface area contributed by atoms with E-state index in [0.29, 0.717) is 6.54 Å². The third-order valence-electron chi connectivity index (χ3n) is 2.79. The number of urea groups is 1. The topological polar surface area (TPSA) is 87.7 Å². The van der Waals surface area contributed by atoms with Crippen LogP contribution in [0.3, 0.4) is 0 Å². The second kappa shape index (κ2) is 5.13. The van der Waals surface area contributed by atoms with Crippen LogP contribution in [0.2, 0.25) is 0 Å². The molecule has 7 heteroatoms. The smallest absolute Gasteiger partial charge is 0.325 e. The third-order valence-corrected chi connectivity index (χ3v) is 2.79. The average Bonchev–Trinajstić information content (AvgIpc) is 2.91. The molecule has 7 nitrogen and oxygen atoms in total. The number of carbonyl (C=O) groups is 3. The Balaban J connectivity index is 1.73. The number of nitrogens with one attached hydrogen (secondary N) is 2. The van der Waals surface area contributed by atoms with Crippen LogP contribution in [-0.2, 0) is 14.3 Å². The second-order valence-electron chi connectivity index (χ2n) is 4.08. The van der Waals surface area contributed by atoms with E-state index in [1.165, 1.54) is 0 Å². The minimum absolute atomic E-state index is 0.0299. The molecule has 0 aromatic heterocycles. The minimum atomic E-state index is -0.512. The van der Waals surface area contributed by atoms with E-state index < -0.39 is 6.03 Å². The van der Waals surface area contributed by atoms with Crippen LogP contribution in [0, 0.1) is 0 Å². The van der Waals surface area contributed by atoms with Gasteiger partial charge in [0.25, 0.3) is 5.91 Å². The van der Waals surface area contributed by atoms with Gasteiger partial charge >= 0.3 is 6.03 Å². The summed E-state index contributed by atoms with van der Waals surface area (Å²) in [4.78, 5) is 34.8. The molecule has 2 N–H and O–H groups in total. The van der Waals surface area contributed by atoms with Gasteiger partial charge < -0.3 is 15.4 Å². The van der Waals surface area contributed by atoms with Crippen LogP contribution in [0.1, 0.15) is 12.8 Å². The Hall–Kier alpha value is -1.63. The summed E-state index contributed by atoms with van der Waals surface area (Å²) in [5.41, 5.74) is 0. The number of ether oxygens (including phenoxy) is 1. The largest absolute Gasteiger partial charge is 0.376 e. The normalized spacial score (nSPS) is 24.0. The lowest BCUT2D eigenvalue weighted by Crippen LogP contribution is -2.42. The Kier molecular flexibility index (Phi) is 3.58. The molecule has 17 heavy (non-hydrogen) atoms. The van der Waals surface area contributed by atoms with E-state index >= 15 is 0 Å². The maximum absolute atomic E-state index is 11.5. The number of imide groups is 1. The lowest BCUT2D eigenvalue weighted by Gasteiger charge is -2.14. The zero-order valence-corrected chi connectivity index (χ0v) is 9.40. The third kappa shape index (κ3) is 2.94. The number of rotatable bonds is 4. The quantitative estimate of drug-likeness (QED) is 0.607. The second-order valence-corrected chi connectivity index (χ2v) is 4.08. The van der Waals surface area contributed by atoms with E-state index in [1.54, 1.807) is 0 Å². The summed E-state index contributed by atoms with van der Waals surface area (Å²) in [5, 5.41) is 5.01. The molecule has 0 aromatic rings. The van der Waals surface area contributed by atoms with Gasteiger partial charge in [-0.2, -0.15) is 0 Å². The molecule has 0 spiro atoms. The highest BCUT2D eigenvalue weighted by atomic mass is 16.5. The Labute approximate surface area is 98.5 Å². The van der Waals surface area contributed by atoms with Crippen molar-refractivity contribution in [1.29, 1.82) is 0 Å². The fourth-order valence-electron chi connectivity index (χ4n) is 1.85. The van der Waals surface area contributed by atoms with E-state index in [-0.39, 0.29) is 31.0 Å². The van der Waals surface area contributed by atoms with E-state index in [2.05, 4.69) is 10.6 Å². The molecular weight excluding hydrogens is 226 g/mol. The van der Waals surface area contributed by atoms with Crippen molar-refractivity contribution in [3.05, 3.63) is 0 Å². The first-order valence-electron chi connectivity index (χ1n) is 5.63.